The van der Waals surface area contributed by atoms with E-state index in [-0.39, 0.29) is 5.56 Å². The topological polar surface area (TPSA) is 46.5 Å². The number of alkyl halides is 3. The summed E-state index contributed by atoms with van der Waals surface area (Å²) in [7, 11) is 0. The Morgan fingerprint density at radius 3 is 2.61 bits per heavy atom. The quantitative estimate of drug-likeness (QED) is 0.861. The van der Waals surface area contributed by atoms with Gasteiger partial charge in [0.1, 0.15) is 0 Å². The van der Waals surface area contributed by atoms with Crippen molar-refractivity contribution in [2.24, 2.45) is 0 Å². The first kappa shape index (κ1) is 14.7. The van der Waals surface area contributed by atoms with Crippen LogP contribution in [0, 0.1) is 0 Å². The Hall–Kier alpha value is -1.34. The van der Waals surface area contributed by atoms with Gasteiger partial charge in [0.2, 0.25) is 0 Å². The number of rotatable bonds is 4. The number of carboxylic acid groups (broad SMARTS) is 1. The van der Waals surface area contributed by atoms with Crippen molar-refractivity contribution in [2.45, 2.75) is 13.0 Å². The first-order chi connectivity index (χ1) is 8.26. The molecule has 0 amide bonds. The number of hydrogen-bond donors (Lipinski definition) is 1. The van der Waals surface area contributed by atoms with Gasteiger partial charge in [-0.3, -0.25) is 4.74 Å². The van der Waals surface area contributed by atoms with Crippen LogP contribution < -0.4 is 0 Å². The summed E-state index contributed by atoms with van der Waals surface area (Å²) in [5, 5.41) is 8.45. The molecule has 1 rings (SSSR count). The lowest BCUT2D eigenvalue weighted by molar-refractivity contribution is -0.330. The molecule has 0 aromatic heterocycles. The largest absolute Gasteiger partial charge is 0.522 e. The number of ether oxygens (including phenoxy) is 1. The third-order valence-corrected chi connectivity index (χ3v) is 2.26. The second kappa shape index (κ2) is 6.01. The first-order valence-electron chi connectivity index (χ1n) is 4.67. The van der Waals surface area contributed by atoms with Crippen LogP contribution in [0.25, 0.3) is 6.08 Å². The summed E-state index contributed by atoms with van der Waals surface area (Å²) in [4.78, 5) is 10.3. The normalized spacial score (nSPS) is 12.0. The molecule has 0 bridgehead atoms. The van der Waals surface area contributed by atoms with Crippen LogP contribution in [0.1, 0.15) is 11.1 Å². The van der Waals surface area contributed by atoms with Gasteiger partial charge in [-0.15, -0.1) is 13.2 Å². The minimum atomic E-state index is -4.70. The number of aliphatic carboxylic acids is 1. The van der Waals surface area contributed by atoms with Gasteiger partial charge in [-0.2, -0.15) is 0 Å². The van der Waals surface area contributed by atoms with Crippen molar-refractivity contribution in [1.29, 1.82) is 0 Å². The van der Waals surface area contributed by atoms with E-state index in [0.717, 1.165) is 6.08 Å². The van der Waals surface area contributed by atoms with E-state index in [2.05, 4.69) is 20.7 Å². The Morgan fingerprint density at radius 1 is 1.39 bits per heavy atom. The van der Waals surface area contributed by atoms with Crippen molar-refractivity contribution in [2.75, 3.05) is 0 Å². The molecule has 0 radical (unpaired) electrons. The van der Waals surface area contributed by atoms with Crippen LogP contribution in [0.3, 0.4) is 0 Å². The summed E-state index contributed by atoms with van der Waals surface area (Å²) >= 11 is 3.12. The van der Waals surface area contributed by atoms with Crippen LogP contribution in [-0.4, -0.2) is 17.4 Å². The molecule has 7 heteroatoms. The fraction of sp³-hybridized carbons (Fsp3) is 0.182. The van der Waals surface area contributed by atoms with E-state index in [1.807, 2.05) is 0 Å². The molecule has 1 aromatic carbocycles. The van der Waals surface area contributed by atoms with Gasteiger partial charge in [0.25, 0.3) is 0 Å². The smallest absolute Gasteiger partial charge is 0.478 e. The van der Waals surface area contributed by atoms with Crippen LogP contribution in [0.5, 0.6) is 0 Å². The van der Waals surface area contributed by atoms with E-state index >= 15 is 0 Å². The summed E-state index contributed by atoms with van der Waals surface area (Å²) in [5.41, 5.74) is 0.749. The van der Waals surface area contributed by atoms with Gasteiger partial charge < -0.3 is 5.11 Å². The van der Waals surface area contributed by atoms with Crippen LogP contribution in [0.2, 0.25) is 0 Å². The molecule has 0 unspecified atom stereocenters. The van der Waals surface area contributed by atoms with Gasteiger partial charge in [0.05, 0.1) is 6.61 Å². The molecule has 0 aliphatic heterocycles. The van der Waals surface area contributed by atoms with Crippen LogP contribution in [-0.2, 0) is 16.1 Å². The fourth-order valence-electron chi connectivity index (χ4n) is 1.19. The highest BCUT2D eigenvalue weighted by Crippen LogP contribution is 2.22. The van der Waals surface area contributed by atoms with Gasteiger partial charge in [0, 0.05) is 10.5 Å². The summed E-state index contributed by atoms with van der Waals surface area (Å²) in [6.45, 7) is -0.628. The molecule has 1 aromatic rings. The third kappa shape index (κ3) is 5.83. The molecule has 1 N–H and O–H groups in total. The number of halogens is 4. The van der Waals surface area contributed by atoms with Crippen molar-refractivity contribution in [3.63, 3.8) is 0 Å². The van der Waals surface area contributed by atoms with Gasteiger partial charge >= 0.3 is 12.3 Å². The second-order valence-electron chi connectivity index (χ2n) is 3.30. The lowest BCUT2D eigenvalue weighted by Crippen LogP contribution is -2.12. The number of hydrogen-bond acceptors (Lipinski definition) is 2. The molecular formula is C11H8BrF3O3. The second-order valence-corrected chi connectivity index (χ2v) is 4.21. The zero-order valence-electron chi connectivity index (χ0n) is 8.87. The van der Waals surface area contributed by atoms with Crippen molar-refractivity contribution in [3.8, 4) is 0 Å². The molecule has 0 saturated heterocycles. The summed E-state index contributed by atoms with van der Waals surface area (Å²) < 4.78 is 39.8. The van der Waals surface area contributed by atoms with E-state index in [4.69, 9.17) is 5.11 Å². The molecule has 0 saturated carbocycles. The minimum Gasteiger partial charge on any atom is -0.478 e. The van der Waals surface area contributed by atoms with Crippen LogP contribution >= 0.6 is 15.9 Å². The molecule has 98 valence electrons. The predicted molar refractivity (Wildman–Crippen MR) is 61.7 cm³/mol. The molecule has 0 spiro atoms. The van der Waals surface area contributed by atoms with Crippen molar-refractivity contribution >= 4 is 28.0 Å². The number of carboxylic acids is 1. The van der Waals surface area contributed by atoms with E-state index in [0.29, 0.717) is 10.0 Å². The summed E-state index contributed by atoms with van der Waals surface area (Å²) in [5.74, 6) is -1.14. The van der Waals surface area contributed by atoms with Crippen molar-refractivity contribution in [3.05, 3.63) is 39.9 Å². The highest BCUT2D eigenvalue weighted by molar-refractivity contribution is 9.10. The minimum absolute atomic E-state index is 0.284. The van der Waals surface area contributed by atoms with Crippen LogP contribution in [0.15, 0.2) is 28.7 Å². The maximum Gasteiger partial charge on any atom is 0.522 e. The van der Waals surface area contributed by atoms with Crippen LogP contribution in [0.4, 0.5) is 13.2 Å². The van der Waals surface area contributed by atoms with E-state index in [1.165, 1.54) is 18.2 Å². The Kier molecular flexibility index (Phi) is 4.92. The summed E-state index contributed by atoms with van der Waals surface area (Å²) in [6.07, 6.45) is -2.51. The molecule has 18 heavy (non-hydrogen) atoms. The highest BCUT2D eigenvalue weighted by atomic mass is 79.9. The monoisotopic (exact) mass is 324 g/mol. The highest BCUT2D eigenvalue weighted by Gasteiger charge is 2.28. The van der Waals surface area contributed by atoms with Crippen molar-refractivity contribution < 1.29 is 27.8 Å². The Morgan fingerprint density at radius 2 is 2.06 bits per heavy atom. The van der Waals surface area contributed by atoms with Gasteiger partial charge in [0.15, 0.2) is 0 Å². The number of benzene rings is 1. The first-order valence-corrected chi connectivity index (χ1v) is 5.47. The van der Waals surface area contributed by atoms with Gasteiger partial charge in [-0.25, -0.2) is 4.79 Å². The maximum absolute atomic E-state index is 11.9. The van der Waals surface area contributed by atoms with E-state index in [1.54, 1.807) is 6.07 Å². The van der Waals surface area contributed by atoms with Crippen molar-refractivity contribution in [1.82, 2.24) is 0 Å². The molecule has 0 aliphatic rings. The number of carbonyl (C=O) groups is 1. The standard InChI is InChI=1S/C11H8BrF3O3/c12-9-4-7(1-2-10(16)17)3-8(5-9)6-18-11(13,14)15/h1-5H,6H2,(H,16,17)/b2-1+. The Bertz CT molecular complexity index is 469. The Balaban J connectivity index is 2.84. The average Bonchev–Trinajstić information content (AvgIpc) is 2.22. The van der Waals surface area contributed by atoms with E-state index in [9.17, 15) is 18.0 Å². The fourth-order valence-corrected chi connectivity index (χ4v) is 1.75. The zero-order valence-corrected chi connectivity index (χ0v) is 10.5. The van der Waals surface area contributed by atoms with Gasteiger partial charge in [-0.05, 0) is 35.4 Å². The summed E-state index contributed by atoms with van der Waals surface area (Å²) in [6, 6.07) is 4.45. The van der Waals surface area contributed by atoms with E-state index < -0.39 is 18.9 Å². The predicted octanol–water partition coefficient (Wildman–Crippen LogP) is 3.58. The lowest BCUT2D eigenvalue weighted by atomic mass is 10.1. The SMILES string of the molecule is O=C(O)/C=C/c1cc(Br)cc(COC(F)(F)F)c1. The molecule has 3 nitrogen and oxygen atoms in total. The molecule has 0 heterocycles. The molecule has 0 aliphatic carbocycles. The average molecular weight is 325 g/mol. The zero-order chi connectivity index (χ0) is 13.8. The Labute approximate surface area is 109 Å². The van der Waals surface area contributed by atoms with Gasteiger partial charge in [-0.1, -0.05) is 15.9 Å². The third-order valence-electron chi connectivity index (χ3n) is 1.80. The molecule has 0 fully saturated rings. The lowest BCUT2D eigenvalue weighted by Gasteiger charge is -2.08. The molecule has 0 atom stereocenters. The maximum atomic E-state index is 11.9. The molecular weight excluding hydrogens is 317 g/mol.